The maximum absolute atomic E-state index is 12.7. The molecule has 0 bridgehead atoms. The molecule has 0 saturated carbocycles. The highest BCUT2D eigenvalue weighted by atomic mass is 16.1. The van der Waals surface area contributed by atoms with Gasteiger partial charge in [-0.05, 0) is 36.6 Å². The third-order valence-corrected chi connectivity index (χ3v) is 4.89. The molecule has 0 radical (unpaired) electrons. The molecule has 1 unspecified atom stereocenters. The summed E-state index contributed by atoms with van der Waals surface area (Å²) in [5.41, 5.74) is 4.30. The Bertz CT molecular complexity index is 897. The zero-order chi connectivity index (χ0) is 16.5. The van der Waals surface area contributed by atoms with Gasteiger partial charge in [0.25, 0.3) is 0 Å². The van der Waals surface area contributed by atoms with Crippen LogP contribution in [0.1, 0.15) is 24.7 Å². The van der Waals surface area contributed by atoms with Crippen LogP contribution in [0.2, 0.25) is 0 Å². The molecule has 1 aliphatic rings. The van der Waals surface area contributed by atoms with Gasteiger partial charge >= 0.3 is 0 Å². The van der Waals surface area contributed by atoms with Crippen LogP contribution in [0.15, 0.2) is 48.5 Å². The third-order valence-electron chi connectivity index (χ3n) is 4.89. The van der Waals surface area contributed by atoms with Crippen molar-refractivity contribution in [1.29, 1.82) is 0 Å². The van der Waals surface area contributed by atoms with Crippen molar-refractivity contribution in [2.75, 3.05) is 5.32 Å². The molecule has 0 saturated heterocycles. The Labute approximate surface area is 141 Å². The second-order valence-electron chi connectivity index (χ2n) is 6.36. The first kappa shape index (κ1) is 14.9. The number of nitrogens with zero attached hydrogens (tertiary/aromatic N) is 2. The number of imidazole rings is 1. The number of benzene rings is 2. The maximum Gasteiger partial charge on any atom is 0.228 e. The van der Waals surface area contributed by atoms with Crippen molar-refractivity contribution < 1.29 is 4.79 Å². The van der Waals surface area contributed by atoms with Gasteiger partial charge in [-0.1, -0.05) is 37.3 Å². The van der Waals surface area contributed by atoms with Crippen LogP contribution in [-0.2, 0) is 24.2 Å². The molecule has 4 nitrogen and oxygen atoms in total. The van der Waals surface area contributed by atoms with E-state index in [0.717, 1.165) is 36.4 Å². The molecule has 0 fully saturated rings. The highest BCUT2D eigenvalue weighted by Gasteiger charge is 2.27. The molecule has 24 heavy (non-hydrogen) atoms. The second kappa shape index (κ2) is 6.11. The Morgan fingerprint density at radius 3 is 2.88 bits per heavy atom. The van der Waals surface area contributed by atoms with Gasteiger partial charge in [0, 0.05) is 24.6 Å². The number of aryl methyl sites for hydroxylation is 2. The molecule has 0 spiro atoms. The molecule has 2 heterocycles. The minimum Gasteiger partial charge on any atom is -0.328 e. The van der Waals surface area contributed by atoms with Gasteiger partial charge in [0.2, 0.25) is 5.91 Å². The van der Waals surface area contributed by atoms with E-state index in [4.69, 9.17) is 4.98 Å². The van der Waals surface area contributed by atoms with Crippen LogP contribution in [-0.4, -0.2) is 15.5 Å². The first-order valence-electron chi connectivity index (χ1n) is 8.59. The minimum atomic E-state index is -0.0146. The number of carbonyl (C=O) groups excluding carboxylic acids is 1. The predicted octanol–water partition coefficient (Wildman–Crippen LogP) is 3.80. The van der Waals surface area contributed by atoms with Crippen molar-refractivity contribution in [3.63, 3.8) is 0 Å². The zero-order valence-corrected chi connectivity index (χ0v) is 13.8. The first-order valence-corrected chi connectivity index (χ1v) is 8.59. The first-order chi connectivity index (χ1) is 11.8. The molecule has 1 aromatic heterocycles. The summed E-state index contributed by atoms with van der Waals surface area (Å²) in [5, 5.41) is 3.12. The van der Waals surface area contributed by atoms with Crippen LogP contribution in [0.3, 0.4) is 0 Å². The molecule has 1 aliphatic heterocycles. The van der Waals surface area contributed by atoms with Gasteiger partial charge in [-0.2, -0.15) is 0 Å². The highest BCUT2D eigenvalue weighted by Crippen LogP contribution is 2.26. The lowest BCUT2D eigenvalue weighted by Crippen LogP contribution is -2.30. The quantitative estimate of drug-likeness (QED) is 0.798. The lowest BCUT2D eigenvalue weighted by molar-refractivity contribution is -0.120. The lowest BCUT2D eigenvalue weighted by atomic mass is 9.96. The van der Waals surface area contributed by atoms with Crippen LogP contribution < -0.4 is 5.32 Å². The Kier molecular flexibility index (Phi) is 3.81. The molecule has 1 atom stereocenters. The standard InChI is InChI=1S/C20H21N3O/c1-2-14-7-3-4-8-16(14)22-20(24)15-11-12-23-18-10-6-5-9-17(18)21-19(23)13-15/h3-10,15H,2,11-13H2,1H3,(H,22,24). The van der Waals surface area contributed by atoms with Gasteiger partial charge in [-0.3, -0.25) is 4.79 Å². The normalized spacial score (nSPS) is 16.8. The van der Waals surface area contributed by atoms with Crippen molar-refractivity contribution in [2.45, 2.75) is 32.7 Å². The Morgan fingerprint density at radius 1 is 1.21 bits per heavy atom. The Balaban J connectivity index is 1.55. The molecule has 4 heteroatoms. The number of hydrogen-bond donors (Lipinski definition) is 1. The van der Waals surface area contributed by atoms with E-state index in [1.165, 1.54) is 11.1 Å². The third kappa shape index (κ3) is 2.58. The van der Waals surface area contributed by atoms with Crippen molar-refractivity contribution in [3.05, 3.63) is 59.9 Å². The van der Waals surface area contributed by atoms with E-state index >= 15 is 0 Å². The summed E-state index contributed by atoms with van der Waals surface area (Å²) in [5.74, 6) is 1.11. The number of rotatable bonds is 3. The summed E-state index contributed by atoms with van der Waals surface area (Å²) in [4.78, 5) is 17.4. The number of aromatic nitrogens is 2. The number of para-hydroxylation sites is 3. The van der Waals surface area contributed by atoms with Gasteiger partial charge < -0.3 is 9.88 Å². The summed E-state index contributed by atoms with van der Waals surface area (Å²) in [7, 11) is 0. The fourth-order valence-corrected chi connectivity index (χ4v) is 3.55. The Morgan fingerprint density at radius 2 is 2.00 bits per heavy atom. The molecule has 3 aromatic rings. The number of amides is 1. The average molecular weight is 319 g/mol. The van der Waals surface area contributed by atoms with Crippen LogP contribution in [0, 0.1) is 5.92 Å². The van der Waals surface area contributed by atoms with Crippen LogP contribution in [0.4, 0.5) is 5.69 Å². The summed E-state index contributed by atoms with van der Waals surface area (Å²) in [6.45, 7) is 2.96. The van der Waals surface area contributed by atoms with Gasteiger partial charge in [-0.15, -0.1) is 0 Å². The number of nitrogens with one attached hydrogen (secondary N) is 1. The monoisotopic (exact) mass is 319 g/mol. The largest absolute Gasteiger partial charge is 0.328 e. The number of hydrogen-bond acceptors (Lipinski definition) is 2. The second-order valence-corrected chi connectivity index (χ2v) is 6.36. The zero-order valence-electron chi connectivity index (χ0n) is 13.8. The summed E-state index contributed by atoms with van der Waals surface area (Å²) in [6, 6.07) is 16.2. The fourth-order valence-electron chi connectivity index (χ4n) is 3.55. The number of anilines is 1. The van der Waals surface area contributed by atoms with Gasteiger partial charge in [0.15, 0.2) is 0 Å². The van der Waals surface area contributed by atoms with E-state index in [0.29, 0.717) is 6.42 Å². The smallest absolute Gasteiger partial charge is 0.228 e. The lowest BCUT2D eigenvalue weighted by Gasteiger charge is -2.23. The molecular weight excluding hydrogens is 298 g/mol. The molecule has 0 aliphatic carbocycles. The van der Waals surface area contributed by atoms with E-state index in [-0.39, 0.29) is 11.8 Å². The molecule has 4 rings (SSSR count). The van der Waals surface area contributed by atoms with Crippen LogP contribution in [0.25, 0.3) is 11.0 Å². The number of carbonyl (C=O) groups is 1. The SMILES string of the molecule is CCc1ccccc1NC(=O)C1CCn2c(nc3ccccc32)C1. The molecule has 122 valence electrons. The number of fused-ring (bicyclic) bond motifs is 3. The molecule has 1 amide bonds. The van der Waals surface area contributed by atoms with Crippen molar-refractivity contribution in [2.24, 2.45) is 5.92 Å². The van der Waals surface area contributed by atoms with Crippen LogP contribution in [0.5, 0.6) is 0 Å². The van der Waals surface area contributed by atoms with Gasteiger partial charge in [0.1, 0.15) is 5.82 Å². The van der Waals surface area contributed by atoms with E-state index in [2.05, 4.69) is 28.9 Å². The van der Waals surface area contributed by atoms with Gasteiger partial charge in [-0.25, -0.2) is 4.98 Å². The topological polar surface area (TPSA) is 46.9 Å². The molecular formula is C20H21N3O. The average Bonchev–Trinajstić information content (AvgIpc) is 3.00. The maximum atomic E-state index is 12.7. The molecule has 1 N–H and O–H groups in total. The predicted molar refractivity (Wildman–Crippen MR) is 96.0 cm³/mol. The van der Waals surface area contributed by atoms with E-state index in [9.17, 15) is 4.79 Å². The summed E-state index contributed by atoms with van der Waals surface area (Å²) in [6.07, 6.45) is 2.47. The van der Waals surface area contributed by atoms with Crippen LogP contribution >= 0.6 is 0 Å². The minimum absolute atomic E-state index is 0.0146. The fraction of sp³-hybridized carbons (Fsp3) is 0.300. The highest BCUT2D eigenvalue weighted by molar-refractivity contribution is 5.93. The molecule has 2 aromatic carbocycles. The summed E-state index contributed by atoms with van der Waals surface area (Å²) >= 11 is 0. The van der Waals surface area contributed by atoms with Crippen molar-refractivity contribution in [3.8, 4) is 0 Å². The van der Waals surface area contributed by atoms with Crippen molar-refractivity contribution >= 4 is 22.6 Å². The van der Waals surface area contributed by atoms with Crippen molar-refractivity contribution in [1.82, 2.24) is 9.55 Å². The van der Waals surface area contributed by atoms with E-state index in [1.54, 1.807) is 0 Å². The summed E-state index contributed by atoms with van der Waals surface area (Å²) < 4.78 is 2.25. The van der Waals surface area contributed by atoms with Gasteiger partial charge in [0.05, 0.1) is 11.0 Å². The van der Waals surface area contributed by atoms with E-state index in [1.807, 2.05) is 36.4 Å². The van der Waals surface area contributed by atoms with E-state index < -0.39 is 0 Å². The Hall–Kier alpha value is -2.62.